The number of nitrogens with one attached hydrogen (secondary N) is 2. The summed E-state index contributed by atoms with van der Waals surface area (Å²) in [5.74, 6) is -0.648. The normalized spacial score (nSPS) is 18.8. The van der Waals surface area contributed by atoms with E-state index < -0.39 is 12.0 Å². The largest absolute Gasteiger partial charge is 0.379 e. The fraction of sp³-hybridized carbons (Fsp3) is 0.778. The molecule has 1 aliphatic heterocycles. The highest BCUT2D eigenvalue weighted by Gasteiger charge is 2.22. The van der Waals surface area contributed by atoms with Crippen LogP contribution in [0.1, 0.15) is 13.3 Å². The second-order valence-corrected chi connectivity index (χ2v) is 3.47. The molecule has 92 valence electrons. The Morgan fingerprint density at radius 3 is 2.75 bits per heavy atom. The lowest BCUT2D eigenvalue weighted by molar-refractivity contribution is -0.207. The summed E-state index contributed by atoms with van der Waals surface area (Å²) >= 11 is 0. The predicted molar refractivity (Wildman–Crippen MR) is 57.6 cm³/mol. The van der Waals surface area contributed by atoms with Crippen LogP contribution in [0.3, 0.4) is 0 Å². The van der Waals surface area contributed by atoms with Gasteiger partial charge in [-0.15, -0.1) is 5.06 Å². The fourth-order valence-corrected chi connectivity index (χ4v) is 1.34. The number of nitrogens with two attached hydrogens (primary N) is 1. The van der Waals surface area contributed by atoms with Gasteiger partial charge in [-0.1, -0.05) is 6.92 Å². The Balaban J connectivity index is 2.38. The standard InChI is InChI=1S/C9H18N4O3/c1-2-7(12-9(10)11)8(14)16-13-3-5-15-6-4-13/h7H,2-6H2,1H3,(H4,10,11,12). The first-order chi connectivity index (χ1) is 7.63. The highest BCUT2D eigenvalue weighted by atomic mass is 16.7. The molecule has 0 aromatic heterocycles. The zero-order valence-electron chi connectivity index (χ0n) is 9.36. The summed E-state index contributed by atoms with van der Waals surface area (Å²) < 4.78 is 5.13. The lowest BCUT2D eigenvalue weighted by atomic mass is 10.2. The van der Waals surface area contributed by atoms with Crippen LogP contribution in [0.5, 0.6) is 0 Å². The van der Waals surface area contributed by atoms with Crippen molar-refractivity contribution in [3.05, 3.63) is 0 Å². The second-order valence-electron chi connectivity index (χ2n) is 3.47. The van der Waals surface area contributed by atoms with Crippen molar-refractivity contribution in [3.8, 4) is 0 Å². The summed E-state index contributed by atoms with van der Waals surface area (Å²) in [7, 11) is 0. The zero-order chi connectivity index (χ0) is 12.0. The highest BCUT2D eigenvalue weighted by molar-refractivity contribution is 5.83. The van der Waals surface area contributed by atoms with Crippen LogP contribution < -0.4 is 11.1 Å². The van der Waals surface area contributed by atoms with E-state index >= 15 is 0 Å². The van der Waals surface area contributed by atoms with Crippen molar-refractivity contribution < 1.29 is 14.4 Å². The third-order valence-corrected chi connectivity index (χ3v) is 2.21. The van der Waals surface area contributed by atoms with E-state index in [0.29, 0.717) is 32.7 Å². The first-order valence-corrected chi connectivity index (χ1v) is 5.28. The van der Waals surface area contributed by atoms with Gasteiger partial charge in [-0.05, 0) is 6.42 Å². The van der Waals surface area contributed by atoms with Crippen LogP contribution >= 0.6 is 0 Å². The maximum absolute atomic E-state index is 11.7. The Kier molecular flexibility index (Phi) is 5.00. The van der Waals surface area contributed by atoms with E-state index in [4.69, 9.17) is 20.7 Å². The number of ether oxygens (including phenoxy) is 1. The number of carbonyl (C=O) groups is 1. The van der Waals surface area contributed by atoms with Crippen LogP contribution in [0, 0.1) is 5.41 Å². The molecular weight excluding hydrogens is 212 g/mol. The summed E-state index contributed by atoms with van der Waals surface area (Å²) in [6.07, 6.45) is 0.517. The van der Waals surface area contributed by atoms with Gasteiger partial charge in [0.2, 0.25) is 0 Å². The van der Waals surface area contributed by atoms with Gasteiger partial charge in [0.1, 0.15) is 6.04 Å². The van der Waals surface area contributed by atoms with Gasteiger partial charge in [-0.25, -0.2) is 4.79 Å². The van der Waals surface area contributed by atoms with Crippen LogP contribution in [0.25, 0.3) is 0 Å². The summed E-state index contributed by atoms with van der Waals surface area (Å²) in [6.45, 7) is 4.08. The van der Waals surface area contributed by atoms with Crippen LogP contribution in [0.15, 0.2) is 0 Å². The number of nitrogens with zero attached hydrogens (tertiary/aromatic N) is 1. The molecule has 0 bridgehead atoms. The van der Waals surface area contributed by atoms with E-state index in [2.05, 4.69) is 5.32 Å². The maximum atomic E-state index is 11.7. The Morgan fingerprint density at radius 1 is 1.62 bits per heavy atom. The number of hydrogen-bond acceptors (Lipinski definition) is 5. The molecule has 1 rings (SSSR count). The quantitative estimate of drug-likeness (QED) is 0.425. The van der Waals surface area contributed by atoms with Crippen LogP contribution in [-0.4, -0.2) is 49.3 Å². The van der Waals surface area contributed by atoms with Gasteiger partial charge in [0, 0.05) is 0 Å². The summed E-state index contributed by atoms with van der Waals surface area (Å²) in [4.78, 5) is 16.8. The van der Waals surface area contributed by atoms with Gasteiger partial charge in [-0.2, -0.15) is 0 Å². The molecule has 0 aliphatic carbocycles. The molecule has 0 spiro atoms. The molecule has 1 aliphatic rings. The van der Waals surface area contributed by atoms with Gasteiger partial charge in [0.25, 0.3) is 0 Å². The Labute approximate surface area is 94.3 Å². The topological polar surface area (TPSA) is 101 Å². The van der Waals surface area contributed by atoms with Crippen molar-refractivity contribution in [2.24, 2.45) is 5.73 Å². The number of hydroxylamine groups is 2. The van der Waals surface area contributed by atoms with Crippen molar-refractivity contribution >= 4 is 11.9 Å². The summed E-state index contributed by atoms with van der Waals surface area (Å²) in [5, 5.41) is 11.2. The first kappa shape index (κ1) is 12.7. The number of guanidine groups is 1. The first-order valence-electron chi connectivity index (χ1n) is 5.28. The van der Waals surface area contributed by atoms with Crippen molar-refractivity contribution in [2.75, 3.05) is 26.3 Å². The lowest BCUT2D eigenvalue weighted by Crippen LogP contribution is -2.47. The third-order valence-electron chi connectivity index (χ3n) is 2.21. The Hall–Kier alpha value is -1.34. The molecule has 1 saturated heterocycles. The minimum absolute atomic E-state index is 0.231. The van der Waals surface area contributed by atoms with E-state index in [-0.39, 0.29) is 5.96 Å². The van der Waals surface area contributed by atoms with Crippen molar-refractivity contribution in [1.82, 2.24) is 10.4 Å². The number of morpholine rings is 1. The molecule has 1 atom stereocenters. The molecule has 0 amide bonds. The SMILES string of the molecule is CCC(NC(=N)N)C(=O)ON1CCOCC1. The Morgan fingerprint density at radius 2 is 2.25 bits per heavy atom. The predicted octanol–water partition coefficient (Wildman–Crippen LogP) is -0.962. The van der Waals surface area contributed by atoms with E-state index in [9.17, 15) is 4.79 Å². The average Bonchev–Trinajstić information content (AvgIpc) is 2.26. The molecule has 0 aromatic rings. The highest BCUT2D eigenvalue weighted by Crippen LogP contribution is 2.02. The van der Waals surface area contributed by atoms with E-state index in [1.165, 1.54) is 0 Å². The number of hydrogen-bond donors (Lipinski definition) is 3. The minimum atomic E-state index is -0.569. The third kappa shape index (κ3) is 4.03. The van der Waals surface area contributed by atoms with Gasteiger partial charge < -0.3 is 20.6 Å². The molecular formula is C9H18N4O3. The van der Waals surface area contributed by atoms with Crippen LogP contribution in [0.2, 0.25) is 0 Å². The van der Waals surface area contributed by atoms with Gasteiger partial charge in [0.15, 0.2) is 5.96 Å². The van der Waals surface area contributed by atoms with Crippen LogP contribution in [-0.2, 0) is 14.4 Å². The Bertz CT molecular complexity index is 253. The monoisotopic (exact) mass is 230 g/mol. The van der Waals surface area contributed by atoms with E-state index in [0.717, 1.165) is 0 Å². The van der Waals surface area contributed by atoms with Gasteiger partial charge >= 0.3 is 5.97 Å². The smallest absolute Gasteiger partial charge is 0.347 e. The fourth-order valence-electron chi connectivity index (χ4n) is 1.34. The molecule has 1 unspecified atom stereocenters. The number of carbonyl (C=O) groups excluding carboxylic acids is 1. The lowest BCUT2D eigenvalue weighted by Gasteiger charge is -2.26. The van der Waals surface area contributed by atoms with Crippen molar-refractivity contribution in [1.29, 1.82) is 5.41 Å². The van der Waals surface area contributed by atoms with Gasteiger partial charge in [0.05, 0.1) is 26.3 Å². The molecule has 1 fully saturated rings. The second kappa shape index (κ2) is 6.29. The van der Waals surface area contributed by atoms with Crippen molar-refractivity contribution in [3.63, 3.8) is 0 Å². The molecule has 7 nitrogen and oxygen atoms in total. The number of rotatable bonds is 4. The van der Waals surface area contributed by atoms with E-state index in [1.807, 2.05) is 6.92 Å². The van der Waals surface area contributed by atoms with E-state index in [1.54, 1.807) is 5.06 Å². The van der Waals surface area contributed by atoms with Gasteiger partial charge in [-0.3, -0.25) is 5.41 Å². The molecule has 4 N–H and O–H groups in total. The van der Waals surface area contributed by atoms with Crippen molar-refractivity contribution in [2.45, 2.75) is 19.4 Å². The minimum Gasteiger partial charge on any atom is -0.379 e. The zero-order valence-corrected chi connectivity index (χ0v) is 9.36. The maximum Gasteiger partial charge on any atom is 0.347 e. The molecule has 0 saturated carbocycles. The molecule has 1 heterocycles. The summed E-state index contributed by atoms with van der Waals surface area (Å²) in [6, 6.07) is -0.569. The van der Waals surface area contributed by atoms with Crippen LogP contribution in [0.4, 0.5) is 0 Å². The molecule has 0 radical (unpaired) electrons. The molecule has 16 heavy (non-hydrogen) atoms. The molecule has 7 heteroatoms. The average molecular weight is 230 g/mol. The summed E-state index contributed by atoms with van der Waals surface area (Å²) in [5.41, 5.74) is 5.17. The molecule has 0 aromatic carbocycles.